The van der Waals surface area contributed by atoms with E-state index in [1.165, 1.54) is 0 Å². The Kier molecular flexibility index (Phi) is 2.73. The first-order valence-electron chi connectivity index (χ1n) is 10.1. The predicted octanol–water partition coefficient (Wildman–Crippen LogP) is 5.00. The standard InChI is InChI=1S/C19H24N2O/c1-14-11-16-13-20-21(19-9-5-6-10-22-19)18(16)12-17(14)15-7-3-2-4-8-15/h7,11-13,19H,2-6,8-10H2,1H3/i3D2,4D2. The molecule has 1 fully saturated rings. The number of rotatable bonds is 2. The number of allylic oxidation sites excluding steroid dienone is 2. The van der Waals surface area contributed by atoms with Crippen LogP contribution in [0.3, 0.4) is 0 Å². The van der Waals surface area contributed by atoms with Crippen molar-refractivity contribution in [1.29, 1.82) is 0 Å². The maximum absolute atomic E-state index is 8.12. The second-order valence-corrected chi connectivity index (χ2v) is 6.11. The Labute approximate surface area is 137 Å². The van der Waals surface area contributed by atoms with E-state index in [9.17, 15) is 0 Å². The fourth-order valence-corrected chi connectivity index (χ4v) is 3.37. The molecule has 1 atom stereocenters. The number of hydrogen-bond acceptors (Lipinski definition) is 2. The lowest BCUT2D eigenvalue weighted by molar-refractivity contribution is -0.0366. The monoisotopic (exact) mass is 300 g/mol. The Bertz CT molecular complexity index is 866. The maximum atomic E-state index is 8.12. The molecule has 1 aliphatic carbocycles. The first-order chi connectivity index (χ1) is 12.2. The van der Waals surface area contributed by atoms with Crippen LogP contribution in [0.2, 0.25) is 0 Å². The molecule has 1 aliphatic heterocycles. The van der Waals surface area contributed by atoms with Crippen molar-refractivity contribution in [2.45, 2.75) is 58.0 Å². The minimum absolute atomic E-state index is 0.0602. The zero-order chi connectivity index (χ0) is 18.5. The second kappa shape index (κ2) is 5.88. The van der Waals surface area contributed by atoms with Crippen LogP contribution in [0.1, 0.15) is 67.7 Å². The molecule has 3 nitrogen and oxygen atoms in total. The van der Waals surface area contributed by atoms with Crippen LogP contribution in [-0.2, 0) is 4.74 Å². The van der Waals surface area contributed by atoms with Gasteiger partial charge in [0.15, 0.2) is 6.23 Å². The van der Waals surface area contributed by atoms with Crippen molar-refractivity contribution < 1.29 is 10.2 Å². The molecule has 22 heavy (non-hydrogen) atoms. The minimum Gasteiger partial charge on any atom is -0.356 e. The van der Waals surface area contributed by atoms with Crippen LogP contribution < -0.4 is 0 Å². The molecule has 2 aliphatic rings. The molecule has 0 amide bonds. The van der Waals surface area contributed by atoms with Gasteiger partial charge in [-0.05, 0) is 80.6 Å². The first-order valence-corrected chi connectivity index (χ1v) is 8.06. The third-order valence-corrected chi connectivity index (χ3v) is 4.53. The first kappa shape index (κ1) is 10.2. The number of nitrogens with zero attached hydrogens (tertiary/aromatic N) is 2. The van der Waals surface area contributed by atoms with Gasteiger partial charge in [-0.1, -0.05) is 6.08 Å². The molecular formula is C19H24N2O. The van der Waals surface area contributed by atoms with E-state index in [0.717, 1.165) is 53.5 Å². The highest BCUT2D eigenvalue weighted by molar-refractivity contribution is 5.85. The Morgan fingerprint density at radius 1 is 1.32 bits per heavy atom. The van der Waals surface area contributed by atoms with Gasteiger partial charge in [-0.3, -0.25) is 0 Å². The van der Waals surface area contributed by atoms with Gasteiger partial charge in [0.05, 0.1) is 11.7 Å². The molecule has 0 spiro atoms. The van der Waals surface area contributed by atoms with E-state index in [1.807, 2.05) is 23.9 Å². The highest BCUT2D eigenvalue weighted by atomic mass is 16.5. The topological polar surface area (TPSA) is 27.1 Å². The largest absolute Gasteiger partial charge is 0.356 e. The second-order valence-electron chi connectivity index (χ2n) is 6.11. The highest BCUT2D eigenvalue weighted by Crippen LogP contribution is 2.33. The number of hydrogen-bond donors (Lipinski definition) is 0. The highest BCUT2D eigenvalue weighted by Gasteiger charge is 2.19. The lowest BCUT2D eigenvalue weighted by atomic mass is 9.90. The molecule has 0 bridgehead atoms. The number of aryl methyl sites for hydroxylation is 1. The van der Waals surface area contributed by atoms with Crippen molar-refractivity contribution in [3.63, 3.8) is 0 Å². The zero-order valence-corrected chi connectivity index (χ0v) is 12.9. The Hall–Kier alpha value is -1.61. The Balaban J connectivity index is 1.80. The van der Waals surface area contributed by atoms with Gasteiger partial charge in [0.2, 0.25) is 0 Å². The van der Waals surface area contributed by atoms with Crippen molar-refractivity contribution in [2.24, 2.45) is 0 Å². The summed E-state index contributed by atoms with van der Waals surface area (Å²) in [5.41, 5.74) is 3.62. The average molecular weight is 300 g/mol. The maximum Gasteiger partial charge on any atom is 0.150 e. The van der Waals surface area contributed by atoms with E-state index in [-0.39, 0.29) is 19.1 Å². The minimum atomic E-state index is -1.63. The van der Waals surface area contributed by atoms with E-state index >= 15 is 0 Å². The molecule has 2 heterocycles. The molecule has 0 saturated carbocycles. The molecule has 1 saturated heterocycles. The van der Waals surface area contributed by atoms with Crippen LogP contribution in [0.4, 0.5) is 0 Å². The molecule has 0 N–H and O–H groups in total. The molecule has 4 rings (SSSR count). The van der Waals surface area contributed by atoms with Gasteiger partial charge < -0.3 is 4.74 Å². The summed E-state index contributed by atoms with van der Waals surface area (Å²) in [6, 6.07) is 4.08. The molecular weight excluding hydrogens is 272 g/mol. The molecule has 3 heteroatoms. The third kappa shape index (κ3) is 2.48. The summed E-state index contributed by atoms with van der Waals surface area (Å²) in [7, 11) is 0. The fourth-order valence-electron chi connectivity index (χ4n) is 3.37. The van der Waals surface area contributed by atoms with Gasteiger partial charge in [-0.2, -0.15) is 5.10 Å². The molecule has 0 radical (unpaired) electrons. The normalized spacial score (nSPS) is 30.0. The number of fused-ring (bicyclic) bond motifs is 1. The lowest BCUT2D eigenvalue weighted by Gasteiger charge is -2.24. The SMILES string of the molecule is [2H]C1([2H])C=C(c2cc3c(cnn3C3CCCCO3)cc2C)CC([2H])([2H])C1. The molecule has 1 aromatic carbocycles. The Morgan fingerprint density at radius 2 is 2.27 bits per heavy atom. The summed E-state index contributed by atoms with van der Waals surface area (Å²) in [6.45, 7) is 2.74. The summed E-state index contributed by atoms with van der Waals surface area (Å²) in [5, 5.41) is 5.56. The summed E-state index contributed by atoms with van der Waals surface area (Å²) in [5.74, 6) is 0. The van der Waals surface area contributed by atoms with Crippen LogP contribution >= 0.6 is 0 Å². The molecule has 1 unspecified atom stereocenters. The molecule has 2 aromatic rings. The number of aromatic nitrogens is 2. The summed E-state index contributed by atoms with van der Waals surface area (Å²) in [4.78, 5) is 0. The van der Waals surface area contributed by atoms with Crippen molar-refractivity contribution in [3.05, 3.63) is 35.5 Å². The van der Waals surface area contributed by atoms with Crippen LogP contribution in [0.25, 0.3) is 16.5 Å². The van der Waals surface area contributed by atoms with Crippen molar-refractivity contribution in [1.82, 2.24) is 9.78 Å². The van der Waals surface area contributed by atoms with Gasteiger partial charge in [0.1, 0.15) is 0 Å². The predicted molar refractivity (Wildman–Crippen MR) is 89.8 cm³/mol. The van der Waals surface area contributed by atoms with Gasteiger partial charge in [-0.15, -0.1) is 0 Å². The quantitative estimate of drug-likeness (QED) is 0.780. The molecule has 1 aromatic heterocycles. The van der Waals surface area contributed by atoms with Gasteiger partial charge in [0.25, 0.3) is 0 Å². The lowest BCUT2D eigenvalue weighted by Crippen LogP contribution is -2.19. The number of ether oxygens (including phenoxy) is 1. The zero-order valence-electron chi connectivity index (χ0n) is 16.9. The van der Waals surface area contributed by atoms with E-state index in [1.54, 1.807) is 6.08 Å². The van der Waals surface area contributed by atoms with E-state index in [2.05, 4.69) is 11.2 Å². The van der Waals surface area contributed by atoms with Crippen molar-refractivity contribution in [3.8, 4) is 0 Å². The van der Waals surface area contributed by atoms with Gasteiger partial charge in [0, 0.05) is 17.5 Å². The van der Waals surface area contributed by atoms with Crippen LogP contribution in [-0.4, -0.2) is 16.4 Å². The van der Waals surface area contributed by atoms with Crippen molar-refractivity contribution >= 4 is 16.5 Å². The third-order valence-electron chi connectivity index (χ3n) is 4.53. The summed E-state index contributed by atoms with van der Waals surface area (Å²) < 4.78 is 40.2. The smallest absolute Gasteiger partial charge is 0.150 e. The van der Waals surface area contributed by atoms with E-state index in [4.69, 9.17) is 10.2 Å². The molecule has 116 valence electrons. The Morgan fingerprint density at radius 3 is 3.09 bits per heavy atom. The van der Waals surface area contributed by atoms with Crippen LogP contribution in [0, 0.1) is 6.92 Å². The van der Waals surface area contributed by atoms with Crippen molar-refractivity contribution in [2.75, 3.05) is 6.61 Å². The number of benzene rings is 1. The summed E-state index contributed by atoms with van der Waals surface area (Å²) in [6.07, 6.45) is 3.48. The summed E-state index contributed by atoms with van der Waals surface area (Å²) >= 11 is 0. The van der Waals surface area contributed by atoms with Crippen LogP contribution in [0.5, 0.6) is 0 Å². The average Bonchev–Trinajstić information content (AvgIpc) is 2.94. The van der Waals surface area contributed by atoms with E-state index in [0.29, 0.717) is 0 Å². The fraction of sp³-hybridized carbons (Fsp3) is 0.526. The van der Waals surface area contributed by atoms with Gasteiger partial charge >= 0.3 is 0 Å². The van der Waals surface area contributed by atoms with Gasteiger partial charge in [-0.25, -0.2) is 4.68 Å². The van der Waals surface area contributed by atoms with E-state index < -0.39 is 12.7 Å². The van der Waals surface area contributed by atoms with Crippen LogP contribution in [0.15, 0.2) is 24.4 Å².